The summed E-state index contributed by atoms with van der Waals surface area (Å²) in [5.74, 6) is -0.151. The summed E-state index contributed by atoms with van der Waals surface area (Å²) in [6.45, 7) is -0.335. The highest BCUT2D eigenvalue weighted by Crippen LogP contribution is 2.28. The van der Waals surface area contributed by atoms with E-state index in [0.29, 0.717) is 10.8 Å². The molecule has 0 aliphatic carbocycles. The second-order valence-electron chi connectivity index (χ2n) is 4.82. The van der Waals surface area contributed by atoms with Gasteiger partial charge in [-0.25, -0.2) is 13.6 Å². The van der Waals surface area contributed by atoms with Crippen molar-refractivity contribution >= 4 is 44.8 Å². The van der Waals surface area contributed by atoms with Crippen LogP contribution in [0.15, 0.2) is 41.3 Å². The van der Waals surface area contributed by atoms with Gasteiger partial charge in [0.25, 0.3) is 5.91 Å². The zero-order chi connectivity index (χ0) is 18.6. The average molecular weight is 405 g/mol. The highest BCUT2D eigenvalue weighted by molar-refractivity contribution is 7.89. The molecular formula is C15H14Cl2N2O5S. The maximum absolute atomic E-state index is 12.0. The van der Waals surface area contributed by atoms with Gasteiger partial charge in [0.15, 0.2) is 6.61 Å². The van der Waals surface area contributed by atoms with Gasteiger partial charge in [-0.2, -0.15) is 0 Å². The van der Waals surface area contributed by atoms with Crippen LogP contribution in [0.25, 0.3) is 0 Å². The summed E-state index contributed by atoms with van der Waals surface area (Å²) >= 11 is 11.7. The van der Waals surface area contributed by atoms with Crippen LogP contribution in [0.1, 0.15) is 0 Å². The van der Waals surface area contributed by atoms with E-state index in [1.807, 2.05) is 0 Å². The molecule has 134 valence electrons. The van der Waals surface area contributed by atoms with Crippen LogP contribution in [0.2, 0.25) is 10.0 Å². The molecule has 2 aromatic rings. The number of carbonyl (C=O) groups excluding carboxylic acids is 1. The molecule has 0 aliphatic rings. The van der Waals surface area contributed by atoms with Crippen LogP contribution in [0.4, 0.5) is 5.69 Å². The summed E-state index contributed by atoms with van der Waals surface area (Å²) in [4.78, 5) is 11.7. The number of hydrogen-bond donors (Lipinski definition) is 2. The standard InChI is InChI=1S/C15H14Cl2N2O5S/c1-23-13-5-3-10(7-14(13)25(18,21)22)19-15(20)8-24-12-4-2-9(16)6-11(12)17/h2-7H,8H2,1H3,(H,19,20)(H2,18,21,22). The minimum Gasteiger partial charge on any atom is -0.495 e. The first kappa shape index (κ1) is 19.3. The lowest BCUT2D eigenvalue weighted by Crippen LogP contribution is -2.21. The molecule has 3 N–H and O–H groups in total. The Kier molecular flexibility index (Phi) is 6.12. The van der Waals surface area contributed by atoms with E-state index in [0.717, 1.165) is 0 Å². The second kappa shape index (κ2) is 7.92. The van der Waals surface area contributed by atoms with Crippen LogP contribution >= 0.6 is 23.2 Å². The molecule has 0 unspecified atom stereocenters. The topological polar surface area (TPSA) is 108 Å². The number of sulfonamides is 1. The Bertz CT molecular complexity index is 903. The minimum atomic E-state index is -4.01. The first-order valence-corrected chi connectivity index (χ1v) is 9.09. The number of carbonyl (C=O) groups is 1. The molecule has 0 spiro atoms. The number of hydrogen-bond acceptors (Lipinski definition) is 5. The molecule has 2 rings (SSSR count). The van der Waals surface area contributed by atoms with Crippen LogP contribution in [0.5, 0.6) is 11.5 Å². The molecule has 0 saturated carbocycles. The quantitative estimate of drug-likeness (QED) is 0.768. The third kappa shape index (κ3) is 5.23. The first-order valence-electron chi connectivity index (χ1n) is 6.79. The summed E-state index contributed by atoms with van der Waals surface area (Å²) in [7, 11) is -2.69. The lowest BCUT2D eigenvalue weighted by Gasteiger charge is -2.11. The number of methoxy groups -OCH3 is 1. The molecule has 25 heavy (non-hydrogen) atoms. The number of rotatable bonds is 6. The third-order valence-electron chi connectivity index (χ3n) is 3.01. The Labute approximate surface area is 154 Å². The average Bonchev–Trinajstić information content (AvgIpc) is 2.53. The molecule has 10 heteroatoms. The summed E-state index contributed by atoms with van der Waals surface area (Å²) in [5, 5.41) is 8.33. The van der Waals surface area contributed by atoms with Gasteiger partial charge in [-0.1, -0.05) is 23.2 Å². The van der Waals surface area contributed by atoms with Crippen LogP contribution in [0, 0.1) is 0 Å². The Morgan fingerprint density at radius 3 is 2.44 bits per heavy atom. The highest BCUT2D eigenvalue weighted by Gasteiger charge is 2.16. The number of nitrogens with one attached hydrogen (secondary N) is 1. The SMILES string of the molecule is COc1ccc(NC(=O)COc2ccc(Cl)cc2Cl)cc1S(N)(=O)=O. The fraction of sp³-hybridized carbons (Fsp3) is 0.133. The largest absolute Gasteiger partial charge is 0.495 e. The molecule has 0 saturated heterocycles. The number of nitrogens with two attached hydrogens (primary N) is 1. The van der Waals surface area contributed by atoms with Crippen molar-refractivity contribution in [2.75, 3.05) is 19.0 Å². The molecule has 1 amide bonds. The molecule has 0 heterocycles. The number of benzene rings is 2. The predicted octanol–water partition coefficient (Wildman–Crippen LogP) is 2.67. The summed E-state index contributed by atoms with van der Waals surface area (Å²) < 4.78 is 33.4. The van der Waals surface area contributed by atoms with Gasteiger partial charge in [-0.15, -0.1) is 0 Å². The lowest BCUT2D eigenvalue weighted by molar-refractivity contribution is -0.118. The normalized spacial score (nSPS) is 11.0. The van der Waals surface area contributed by atoms with E-state index in [-0.39, 0.29) is 28.0 Å². The minimum absolute atomic E-state index is 0.0738. The second-order valence-corrected chi connectivity index (χ2v) is 7.20. The smallest absolute Gasteiger partial charge is 0.262 e. The molecule has 0 fully saturated rings. The summed E-state index contributed by atoms with van der Waals surface area (Å²) in [6.07, 6.45) is 0. The van der Waals surface area contributed by atoms with Gasteiger partial charge >= 0.3 is 0 Å². The van der Waals surface area contributed by atoms with Gasteiger partial charge in [0.1, 0.15) is 16.4 Å². The van der Waals surface area contributed by atoms with E-state index < -0.39 is 15.9 Å². The zero-order valence-electron chi connectivity index (χ0n) is 13.0. The van der Waals surface area contributed by atoms with E-state index in [4.69, 9.17) is 37.8 Å². The van der Waals surface area contributed by atoms with Crippen LogP contribution in [-0.4, -0.2) is 28.0 Å². The van der Waals surface area contributed by atoms with Crippen molar-refractivity contribution in [2.24, 2.45) is 5.14 Å². The van der Waals surface area contributed by atoms with E-state index in [1.54, 1.807) is 6.07 Å². The Balaban J connectivity index is 2.08. The molecule has 0 aromatic heterocycles. The molecule has 0 radical (unpaired) electrons. The fourth-order valence-electron chi connectivity index (χ4n) is 1.91. The highest BCUT2D eigenvalue weighted by atomic mass is 35.5. The molecule has 0 atom stereocenters. The van der Waals surface area contributed by atoms with E-state index in [1.165, 1.54) is 37.4 Å². The third-order valence-corrected chi connectivity index (χ3v) is 4.47. The number of halogens is 2. The first-order chi connectivity index (χ1) is 11.7. The Morgan fingerprint density at radius 1 is 1.16 bits per heavy atom. The molecular weight excluding hydrogens is 391 g/mol. The maximum Gasteiger partial charge on any atom is 0.262 e. The van der Waals surface area contributed by atoms with Crippen molar-refractivity contribution in [3.63, 3.8) is 0 Å². The number of anilines is 1. The van der Waals surface area contributed by atoms with E-state index >= 15 is 0 Å². The monoisotopic (exact) mass is 404 g/mol. The fourth-order valence-corrected chi connectivity index (χ4v) is 3.10. The summed E-state index contributed by atoms with van der Waals surface area (Å²) in [5.41, 5.74) is 0.223. The van der Waals surface area contributed by atoms with Gasteiger partial charge < -0.3 is 14.8 Å². The predicted molar refractivity (Wildman–Crippen MR) is 95.0 cm³/mol. The van der Waals surface area contributed by atoms with Crippen molar-refractivity contribution in [1.82, 2.24) is 0 Å². The summed E-state index contributed by atoms with van der Waals surface area (Å²) in [6, 6.07) is 8.64. The van der Waals surface area contributed by atoms with Crippen molar-refractivity contribution in [1.29, 1.82) is 0 Å². The molecule has 0 aliphatic heterocycles. The van der Waals surface area contributed by atoms with Gasteiger partial charge in [-0.3, -0.25) is 4.79 Å². The molecule has 7 nitrogen and oxygen atoms in total. The molecule has 2 aromatic carbocycles. The van der Waals surface area contributed by atoms with E-state index in [9.17, 15) is 13.2 Å². The van der Waals surface area contributed by atoms with Crippen molar-refractivity contribution in [3.05, 3.63) is 46.4 Å². The van der Waals surface area contributed by atoms with Gasteiger partial charge in [0.2, 0.25) is 10.0 Å². The number of ether oxygens (including phenoxy) is 2. The van der Waals surface area contributed by atoms with Crippen molar-refractivity contribution in [2.45, 2.75) is 4.90 Å². The Morgan fingerprint density at radius 2 is 1.84 bits per heavy atom. The van der Waals surface area contributed by atoms with Crippen LogP contribution < -0.4 is 19.9 Å². The van der Waals surface area contributed by atoms with Gasteiger partial charge in [-0.05, 0) is 36.4 Å². The van der Waals surface area contributed by atoms with Crippen molar-refractivity contribution < 1.29 is 22.7 Å². The van der Waals surface area contributed by atoms with E-state index in [2.05, 4.69) is 5.32 Å². The van der Waals surface area contributed by atoms with Gasteiger partial charge in [0.05, 0.1) is 12.1 Å². The van der Waals surface area contributed by atoms with Crippen LogP contribution in [0.3, 0.4) is 0 Å². The van der Waals surface area contributed by atoms with Crippen molar-refractivity contribution in [3.8, 4) is 11.5 Å². The van der Waals surface area contributed by atoms with Crippen LogP contribution in [-0.2, 0) is 14.8 Å². The number of amides is 1. The zero-order valence-corrected chi connectivity index (χ0v) is 15.3. The maximum atomic E-state index is 12.0. The van der Waals surface area contributed by atoms with Gasteiger partial charge in [0, 0.05) is 10.7 Å². The number of primary sulfonamides is 1. The Hall–Kier alpha value is -2.00. The molecule has 0 bridgehead atoms. The lowest BCUT2D eigenvalue weighted by atomic mass is 10.3.